The van der Waals surface area contributed by atoms with Crippen LogP contribution < -0.4 is 0 Å². The highest BCUT2D eigenvalue weighted by molar-refractivity contribution is 14.2. The first-order valence-electron chi connectivity index (χ1n) is 8.44. The van der Waals surface area contributed by atoms with Crippen LogP contribution in [0, 0.1) is 18.3 Å². The quantitative estimate of drug-likeness (QED) is 0.388. The molecular weight excluding hydrogens is 455 g/mol. The Labute approximate surface area is 168 Å². The van der Waals surface area contributed by atoms with E-state index < -0.39 is 0 Å². The molecule has 2 aromatic heterocycles. The average molecular weight is 472 g/mol. The smallest absolute Gasteiger partial charge is 0.111 e. The number of hydrogen-bond donors (Lipinski definition) is 1. The van der Waals surface area contributed by atoms with E-state index in [0.717, 1.165) is 29.7 Å². The second-order valence-electron chi connectivity index (χ2n) is 6.36. The van der Waals surface area contributed by atoms with Crippen LogP contribution in [0.1, 0.15) is 35.0 Å². The molecule has 6 heteroatoms. The summed E-state index contributed by atoms with van der Waals surface area (Å²) >= 11 is 2.32. The molecule has 0 aliphatic rings. The molecule has 0 bridgehead atoms. The normalized spacial score (nSPS) is 11.3. The number of halogens is 1. The Bertz CT molecular complexity index is 1170. The number of nitriles is 1. The Morgan fingerprint density at radius 2 is 2.15 bits per heavy atom. The van der Waals surface area contributed by atoms with Crippen molar-refractivity contribution >= 4 is 52.3 Å². The fourth-order valence-corrected chi connectivity index (χ4v) is 5.00. The third kappa shape index (κ3) is 2.89. The van der Waals surface area contributed by atoms with E-state index in [1.807, 2.05) is 18.2 Å². The number of nitrogens with zero attached hydrogens (tertiary/aromatic N) is 3. The molecule has 0 fully saturated rings. The summed E-state index contributed by atoms with van der Waals surface area (Å²) in [5.74, 6) is 0.935. The summed E-state index contributed by atoms with van der Waals surface area (Å²) < 4.78 is 2.21. The van der Waals surface area contributed by atoms with Gasteiger partial charge in [-0.05, 0) is 54.3 Å². The molecule has 0 atom stereocenters. The van der Waals surface area contributed by atoms with E-state index in [1.165, 1.54) is 27.6 Å². The predicted molar refractivity (Wildman–Crippen MR) is 117 cm³/mol. The monoisotopic (exact) mass is 472 g/mol. The summed E-state index contributed by atoms with van der Waals surface area (Å²) in [6.45, 7) is 4.38. The maximum Gasteiger partial charge on any atom is 0.111 e. The first-order chi connectivity index (χ1) is 12.6. The van der Waals surface area contributed by atoms with Gasteiger partial charge in [0.05, 0.1) is 28.2 Å². The molecule has 0 saturated heterocycles. The molecule has 4 nitrogen and oxygen atoms in total. The van der Waals surface area contributed by atoms with Crippen LogP contribution in [0.3, 0.4) is 0 Å². The van der Waals surface area contributed by atoms with Crippen molar-refractivity contribution in [3.8, 4) is 6.07 Å². The van der Waals surface area contributed by atoms with Gasteiger partial charge in [-0.25, -0.2) is 4.98 Å². The summed E-state index contributed by atoms with van der Waals surface area (Å²) in [5, 5.41) is 10.4. The van der Waals surface area contributed by atoms with E-state index in [-0.39, 0.29) is 0 Å². The molecule has 0 amide bonds. The van der Waals surface area contributed by atoms with Crippen molar-refractivity contribution in [1.29, 1.82) is 5.26 Å². The van der Waals surface area contributed by atoms with E-state index in [9.17, 15) is 0 Å². The molecule has 2 aromatic carbocycles. The Morgan fingerprint density at radius 1 is 1.31 bits per heavy atom. The lowest BCUT2D eigenvalue weighted by atomic mass is 9.95. The molecule has 0 spiro atoms. The molecule has 2 heterocycles. The van der Waals surface area contributed by atoms with E-state index in [0.29, 0.717) is 5.56 Å². The molecule has 4 aromatic rings. The SMILES string of the molecule is CCc1cc(C)c2c(ccn2SI)c1Cc1nc2cc(C#N)ccc2[nH]1. The number of benzene rings is 2. The molecule has 130 valence electrons. The van der Waals surface area contributed by atoms with Gasteiger partial charge in [0.25, 0.3) is 0 Å². The second-order valence-corrected chi connectivity index (χ2v) is 8.07. The van der Waals surface area contributed by atoms with Gasteiger partial charge in [-0.2, -0.15) is 5.26 Å². The van der Waals surface area contributed by atoms with Crippen molar-refractivity contribution in [2.24, 2.45) is 0 Å². The Kier molecular flexibility index (Phi) is 4.67. The maximum absolute atomic E-state index is 9.08. The average Bonchev–Trinajstić information content (AvgIpc) is 3.26. The molecule has 0 radical (unpaired) electrons. The highest BCUT2D eigenvalue weighted by Crippen LogP contribution is 2.33. The van der Waals surface area contributed by atoms with Gasteiger partial charge in [0.15, 0.2) is 0 Å². The summed E-state index contributed by atoms with van der Waals surface area (Å²) in [6.07, 6.45) is 3.88. The molecule has 4 rings (SSSR count). The molecule has 0 aliphatic carbocycles. The summed E-state index contributed by atoms with van der Waals surface area (Å²) in [5.41, 5.74) is 7.74. The zero-order valence-corrected chi connectivity index (χ0v) is 17.5. The number of imidazole rings is 1. The molecule has 0 unspecified atom stereocenters. The van der Waals surface area contributed by atoms with E-state index >= 15 is 0 Å². The molecule has 0 saturated carbocycles. The van der Waals surface area contributed by atoms with Gasteiger partial charge < -0.3 is 4.98 Å². The first-order valence-corrected chi connectivity index (χ1v) is 11.8. The number of hydrogen-bond acceptors (Lipinski definition) is 3. The summed E-state index contributed by atoms with van der Waals surface area (Å²) in [6, 6.07) is 12.3. The first kappa shape index (κ1) is 17.4. The number of aromatic amines is 1. The van der Waals surface area contributed by atoms with Gasteiger partial charge in [0.2, 0.25) is 0 Å². The van der Waals surface area contributed by atoms with E-state index in [2.05, 4.69) is 68.4 Å². The molecule has 0 aliphatic heterocycles. The van der Waals surface area contributed by atoms with Crippen molar-refractivity contribution in [3.63, 3.8) is 0 Å². The van der Waals surface area contributed by atoms with Gasteiger partial charge in [-0.1, -0.05) is 13.0 Å². The van der Waals surface area contributed by atoms with Crippen LogP contribution in [0.25, 0.3) is 21.9 Å². The maximum atomic E-state index is 9.08. The fourth-order valence-electron chi connectivity index (χ4n) is 3.60. The van der Waals surface area contributed by atoms with Crippen molar-refractivity contribution in [2.45, 2.75) is 26.7 Å². The van der Waals surface area contributed by atoms with Crippen molar-refractivity contribution < 1.29 is 0 Å². The molecular formula is C20H17IN4S. The lowest BCUT2D eigenvalue weighted by molar-refractivity contribution is 1.00. The number of aryl methyl sites for hydroxylation is 2. The van der Waals surface area contributed by atoms with Crippen LogP contribution in [0.15, 0.2) is 36.5 Å². The molecule has 1 N–H and O–H groups in total. The largest absolute Gasteiger partial charge is 0.342 e. The minimum atomic E-state index is 0.638. The minimum absolute atomic E-state index is 0.638. The van der Waals surface area contributed by atoms with E-state index in [4.69, 9.17) is 10.2 Å². The van der Waals surface area contributed by atoms with Gasteiger partial charge in [0.1, 0.15) is 5.82 Å². The topological polar surface area (TPSA) is 57.4 Å². The van der Waals surface area contributed by atoms with Crippen molar-refractivity contribution in [2.75, 3.05) is 0 Å². The number of nitrogens with one attached hydrogen (secondary N) is 1. The van der Waals surface area contributed by atoms with Gasteiger partial charge in [-0.15, -0.1) is 0 Å². The highest BCUT2D eigenvalue weighted by Gasteiger charge is 2.15. The van der Waals surface area contributed by atoms with Crippen molar-refractivity contribution in [1.82, 2.24) is 13.9 Å². The Morgan fingerprint density at radius 3 is 2.88 bits per heavy atom. The van der Waals surface area contributed by atoms with Gasteiger partial charge in [0, 0.05) is 48.3 Å². The van der Waals surface area contributed by atoms with Gasteiger partial charge in [-0.3, -0.25) is 3.97 Å². The van der Waals surface area contributed by atoms with Crippen LogP contribution in [-0.4, -0.2) is 13.9 Å². The summed E-state index contributed by atoms with van der Waals surface area (Å²) in [4.78, 5) is 8.14. The van der Waals surface area contributed by atoms with Crippen LogP contribution in [-0.2, 0) is 12.8 Å². The van der Waals surface area contributed by atoms with E-state index in [1.54, 1.807) is 9.12 Å². The zero-order valence-electron chi connectivity index (χ0n) is 14.5. The Balaban J connectivity index is 1.85. The lowest BCUT2D eigenvalue weighted by Crippen LogP contribution is -1.99. The third-order valence-corrected chi connectivity index (χ3v) is 6.52. The second kappa shape index (κ2) is 6.97. The highest BCUT2D eigenvalue weighted by atomic mass is 127. The molecule has 26 heavy (non-hydrogen) atoms. The standard InChI is InChI=1S/C20H17IN4S/c1-3-14-8-12(2)20-15(6-7-25(20)26-21)16(14)10-19-23-17-5-4-13(11-22)9-18(17)24-19/h4-9H,3,10H2,1-2H3,(H,23,24). The van der Waals surface area contributed by atoms with Crippen LogP contribution in [0.5, 0.6) is 0 Å². The third-order valence-electron chi connectivity index (χ3n) is 4.79. The van der Waals surface area contributed by atoms with Gasteiger partial charge >= 0.3 is 0 Å². The Hall–Kier alpha value is -1.98. The van der Waals surface area contributed by atoms with Crippen LogP contribution in [0.2, 0.25) is 0 Å². The minimum Gasteiger partial charge on any atom is -0.342 e. The lowest BCUT2D eigenvalue weighted by Gasteiger charge is -2.12. The number of H-pyrrole nitrogens is 1. The number of rotatable bonds is 4. The van der Waals surface area contributed by atoms with Crippen LogP contribution >= 0.6 is 30.3 Å². The van der Waals surface area contributed by atoms with Crippen molar-refractivity contribution in [3.05, 3.63) is 64.6 Å². The number of aromatic nitrogens is 3. The number of fused-ring (bicyclic) bond motifs is 2. The summed E-state index contributed by atoms with van der Waals surface area (Å²) in [7, 11) is 1.69. The predicted octanol–water partition coefficient (Wildman–Crippen LogP) is 5.70. The zero-order chi connectivity index (χ0) is 18.3. The fraction of sp³-hybridized carbons (Fsp3) is 0.200. The van der Waals surface area contributed by atoms with Crippen LogP contribution in [0.4, 0.5) is 0 Å².